The van der Waals surface area contributed by atoms with Crippen molar-refractivity contribution in [1.82, 2.24) is 4.90 Å². The molecule has 2 aromatic rings. The van der Waals surface area contributed by atoms with Crippen LogP contribution in [0.3, 0.4) is 0 Å². The van der Waals surface area contributed by atoms with E-state index < -0.39 is 0 Å². The summed E-state index contributed by atoms with van der Waals surface area (Å²) < 4.78 is 10.7. The van der Waals surface area contributed by atoms with E-state index in [1.807, 2.05) is 29.2 Å². The molecule has 0 atom stereocenters. The van der Waals surface area contributed by atoms with Gasteiger partial charge in [-0.3, -0.25) is 4.79 Å². The molecule has 26 heavy (non-hydrogen) atoms. The van der Waals surface area contributed by atoms with Gasteiger partial charge in [-0.15, -0.1) is 0 Å². The molecule has 0 heterocycles. The Hall–Kier alpha value is -1.91. The molecular weight excluding hydrogens is 373 g/mol. The number of halogens is 2. The predicted octanol–water partition coefficient (Wildman–Crippen LogP) is 4.74. The SMILES string of the molecule is COc1ccc(CN(C(=O)Cc2ccc(Cl)cc2Cl)C2CC2)c(OC)c1. The molecular formula is C20H21Cl2NO3. The molecule has 0 radical (unpaired) electrons. The molecule has 2 aromatic carbocycles. The summed E-state index contributed by atoms with van der Waals surface area (Å²) in [5, 5.41) is 1.08. The first-order valence-corrected chi connectivity index (χ1v) is 9.21. The predicted molar refractivity (Wildman–Crippen MR) is 103 cm³/mol. The molecule has 0 bridgehead atoms. The van der Waals surface area contributed by atoms with Crippen molar-refractivity contribution in [3.63, 3.8) is 0 Å². The van der Waals surface area contributed by atoms with Gasteiger partial charge in [-0.2, -0.15) is 0 Å². The van der Waals surface area contributed by atoms with Crippen LogP contribution in [0.2, 0.25) is 10.0 Å². The summed E-state index contributed by atoms with van der Waals surface area (Å²) in [4.78, 5) is 14.8. The fraction of sp³-hybridized carbons (Fsp3) is 0.350. The van der Waals surface area contributed by atoms with Crippen molar-refractivity contribution >= 4 is 29.1 Å². The van der Waals surface area contributed by atoms with Crippen LogP contribution in [0.5, 0.6) is 11.5 Å². The summed E-state index contributed by atoms with van der Waals surface area (Å²) in [6.45, 7) is 0.502. The molecule has 4 nitrogen and oxygen atoms in total. The highest BCUT2D eigenvalue weighted by Gasteiger charge is 2.33. The third-order valence-electron chi connectivity index (χ3n) is 4.50. The fourth-order valence-corrected chi connectivity index (χ4v) is 3.38. The van der Waals surface area contributed by atoms with E-state index in [-0.39, 0.29) is 18.4 Å². The molecule has 0 aromatic heterocycles. The zero-order chi connectivity index (χ0) is 18.7. The third kappa shape index (κ3) is 4.43. The summed E-state index contributed by atoms with van der Waals surface area (Å²) in [6, 6.07) is 11.2. The molecule has 1 fully saturated rings. The van der Waals surface area contributed by atoms with Crippen LogP contribution in [0, 0.1) is 0 Å². The van der Waals surface area contributed by atoms with Crippen LogP contribution in [-0.4, -0.2) is 31.1 Å². The number of ether oxygens (including phenoxy) is 2. The Balaban J connectivity index is 1.78. The van der Waals surface area contributed by atoms with Crippen molar-refractivity contribution in [3.8, 4) is 11.5 Å². The van der Waals surface area contributed by atoms with Gasteiger partial charge in [-0.25, -0.2) is 0 Å². The second-order valence-corrected chi connectivity index (χ2v) is 7.19. The van der Waals surface area contributed by atoms with Gasteiger partial charge in [0.15, 0.2) is 0 Å². The number of nitrogens with zero attached hydrogens (tertiary/aromatic N) is 1. The first kappa shape index (κ1) is 18.9. The normalized spacial score (nSPS) is 13.4. The summed E-state index contributed by atoms with van der Waals surface area (Å²) in [7, 11) is 3.24. The molecule has 138 valence electrons. The maximum atomic E-state index is 12.9. The standard InChI is InChI=1S/C20H21Cl2NO3/c1-25-17-8-4-14(19(11-17)26-2)12-23(16-6-7-16)20(24)9-13-3-5-15(21)10-18(13)22/h3-5,8,10-11,16H,6-7,9,12H2,1-2H3. The van der Waals surface area contributed by atoms with Crippen molar-refractivity contribution in [3.05, 3.63) is 57.6 Å². The number of rotatable bonds is 7. The number of hydrogen-bond acceptors (Lipinski definition) is 3. The summed E-state index contributed by atoms with van der Waals surface area (Å²) >= 11 is 12.2. The lowest BCUT2D eigenvalue weighted by molar-refractivity contribution is -0.131. The van der Waals surface area contributed by atoms with Gasteiger partial charge in [0.25, 0.3) is 0 Å². The van der Waals surface area contributed by atoms with Gasteiger partial charge in [0.05, 0.1) is 20.6 Å². The van der Waals surface area contributed by atoms with E-state index in [0.717, 1.165) is 29.7 Å². The Labute approximate surface area is 163 Å². The number of carbonyl (C=O) groups is 1. The molecule has 0 aliphatic heterocycles. The fourth-order valence-electron chi connectivity index (χ4n) is 2.90. The third-order valence-corrected chi connectivity index (χ3v) is 5.09. The molecule has 1 aliphatic carbocycles. The maximum absolute atomic E-state index is 12.9. The van der Waals surface area contributed by atoms with Crippen molar-refractivity contribution in [2.45, 2.75) is 31.8 Å². The van der Waals surface area contributed by atoms with Gasteiger partial charge < -0.3 is 14.4 Å². The van der Waals surface area contributed by atoms with E-state index >= 15 is 0 Å². The number of benzene rings is 2. The molecule has 1 aliphatic rings. The molecule has 0 N–H and O–H groups in total. The average molecular weight is 394 g/mol. The van der Waals surface area contributed by atoms with Crippen LogP contribution < -0.4 is 9.47 Å². The lowest BCUT2D eigenvalue weighted by Gasteiger charge is -2.24. The van der Waals surface area contributed by atoms with E-state index in [2.05, 4.69) is 0 Å². The van der Waals surface area contributed by atoms with Gasteiger partial charge in [0, 0.05) is 34.3 Å². The zero-order valence-corrected chi connectivity index (χ0v) is 16.3. The lowest BCUT2D eigenvalue weighted by atomic mass is 10.1. The molecule has 1 saturated carbocycles. The summed E-state index contributed by atoms with van der Waals surface area (Å²) in [6.07, 6.45) is 2.31. The molecule has 3 rings (SSSR count). The average Bonchev–Trinajstić information content (AvgIpc) is 3.46. The quantitative estimate of drug-likeness (QED) is 0.681. The number of carbonyl (C=O) groups excluding carboxylic acids is 1. The van der Waals surface area contributed by atoms with Crippen LogP contribution in [0.4, 0.5) is 0 Å². The Morgan fingerprint density at radius 2 is 1.81 bits per heavy atom. The zero-order valence-electron chi connectivity index (χ0n) is 14.8. The van der Waals surface area contributed by atoms with Crippen LogP contribution in [0.25, 0.3) is 0 Å². The minimum Gasteiger partial charge on any atom is -0.497 e. The Morgan fingerprint density at radius 3 is 2.42 bits per heavy atom. The van der Waals surface area contributed by atoms with Gasteiger partial charge >= 0.3 is 0 Å². The lowest BCUT2D eigenvalue weighted by Crippen LogP contribution is -2.34. The molecule has 0 spiro atoms. The van der Waals surface area contributed by atoms with E-state index in [9.17, 15) is 4.79 Å². The number of methoxy groups -OCH3 is 2. The summed E-state index contributed by atoms with van der Waals surface area (Å²) in [5.41, 5.74) is 1.74. The van der Waals surface area contributed by atoms with Crippen LogP contribution in [0.15, 0.2) is 36.4 Å². The first-order chi connectivity index (χ1) is 12.5. The van der Waals surface area contributed by atoms with E-state index in [1.165, 1.54) is 0 Å². The maximum Gasteiger partial charge on any atom is 0.227 e. The van der Waals surface area contributed by atoms with Crippen LogP contribution in [0.1, 0.15) is 24.0 Å². The van der Waals surface area contributed by atoms with Crippen molar-refractivity contribution < 1.29 is 14.3 Å². The van der Waals surface area contributed by atoms with Gasteiger partial charge in [-0.05, 0) is 42.7 Å². The van der Waals surface area contributed by atoms with Crippen LogP contribution >= 0.6 is 23.2 Å². The second kappa shape index (κ2) is 8.19. The minimum absolute atomic E-state index is 0.0505. The van der Waals surface area contributed by atoms with E-state index in [4.69, 9.17) is 32.7 Å². The highest BCUT2D eigenvalue weighted by molar-refractivity contribution is 6.35. The molecule has 0 saturated heterocycles. The van der Waals surface area contributed by atoms with Gasteiger partial charge in [0.1, 0.15) is 11.5 Å². The number of hydrogen-bond donors (Lipinski definition) is 0. The number of amides is 1. The van der Waals surface area contributed by atoms with Crippen molar-refractivity contribution in [2.24, 2.45) is 0 Å². The highest BCUT2D eigenvalue weighted by atomic mass is 35.5. The second-order valence-electron chi connectivity index (χ2n) is 6.34. The molecule has 0 unspecified atom stereocenters. The Morgan fingerprint density at radius 1 is 1.08 bits per heavy atom. The molecule has 6 heteroatoms. The topological polar surface area (TPSA) is 38.8 Å². The smallest absolute Gasteiger partial charge is 0.227 e. The molecule has 1 amide bonds. The Kier molecular flexibility index (Phi) is 5.94. The van der Waals surface area contributed by atoms with Gasteiger partial charge in [0.2, 0.25) is 5.91 Å². The highest BCUT2D eigenvalue weighted by Crippen LogP contribution is 2.33. The minimum atomic E-state index is 0.0505. The Bertz CT molecular complexity index is 806. The first-order valence-electron chi connectivity index (χ1n) is 8.46. The van der Waals surface area contributed by atoms with E-state index in [0.29, 0.717) is 22.3 Å². The van der Waals surface area contributed by atoms with Gasteiger partial charge in [-0.1, -0.05) is 29.3 Å². The van der Waals surface area contributed by atoms with Crippen molar-refractivity contribution in [2.75, 3.05) is 14.2 Å². The van der Waals surface area contributed by atoms with Crippen LogP contribution in [-0.2, 0) is 17.8 Å². The summed E-state index contributed by atoms with van der Waals surface area (Å²) in [5.74, 6) is 1.49. The monoisotopic (exact) mass is 393 g/mol. The van der Waals surface area contributed by atoms with Crippen molar-refractivity contribution in [1.29, 1.82) is 0 Å². The largest absolute Gasteiger partial charge is 0.497 e. The van der Waals surface area contributed by atoms with E-state index in [1.54, 1.807) is 26.4 Å².